The number of hydrogen-bond donors (Lipinski definition) is 1. The van der Waals surface area contributed by atoms with E-state index in [4.69, 9.17) is 20.9 Å². The van der Waals surface area contributed by atoms with Crippen LogP contribution in [0, 0.1) is 6.92 Å². The van der Waals surface area contributed by atoms with Gasteiger partial charge in [-0.1, -0.05) is 65.3 Å². The number of amides is 1. The number of anilines is 1. The molecule has 1 heterocycles. The van der Waals surface area contributed by atoms with Crippen LogP contribution < -0.4 is 5.32 Å². The molecule has 0 aliphatic rings. The number of nitrogens with one attached hydrogen (secondary N) is 1. The van der Waals surface area contributed by atoms with Crippen molar-refractivity contribution in [2.75, 3.05) is 5.32 Å². The predicted octanol–water partition coefficient (Wildman–Crippen LogP) is 5.61. The lowest BCUT2D eigenvalue weighted by Crippen LogP contribution is -2.16. The maximum absolute atomic E-state index is 12.3. The van der Waals surface area contributed by atoms with E-state index in [2.05, 4.69) is 10.5 Å². The van der Waals surface area contributed by atoms with Crippen LogP contribution in [0.3, 0.4) is 0 Å². The third-order valence-electron chi connectivity index (χ3n) is 3.75. The molecule has 128 valence electrons. The molecule has 0 fully saturated rings. The quantitative estimate of drug-likeness (QED) is 0.659. The normalized spacial score (nSPS) is 11.8. The van der Waals surface area contributed by atoms with Crippen molar-refractivity contribution < 1.29 is 14.1 Å². The molecule has 1 amide bonds. The molecule has 0 aliphatic heterocycles. The largest absolute Gasteiger partial charge is 0.441 e. The van der Waals surface area contributed by atoms with Gasteiger partial charge < -0.3 is 9.26 Å². The van der Waals surface area contributed by atoms with E-state index in [1.165, 1.54) is 0 Å². The van der Waals surface area contributed by atoms with Gasteiger partial charge in [0, 0.05) is 16.1 Å². The van der Waals surface area contributed by atoms with Gasteiger partial charge in [-0.3, -0.25) is 5.32 Å². The summed E-state index contributed by atoms with van der Waals surface area (Å²) in [7, 11) is 0. The number of hydrogen-bond acceptors (Lipinski definition) is 4. The number of aryl methyl sites for hydroxylation is 1. The fourth-order valence-corrected chi connectivity index (χ4v) is 2.75. The second-order valence-electron chi connectivity index (χ2n) is 5.53. The number of benzene rings is 2. The minimum absolute atomic E-state index is 0.487. The van der Waals surface area contributed by atoms with E-state index in [1.807, 2.05) is 48.5 Å². The molecule has 1 unspecified atom stereocenters. The second kappa shape index (κ2) is 7.40. The van der Waals surface area contributed by atoms with E-state index in [-0.39, 0.29) is 0 Å². The van der Waals surface area contributed by atoms with Gasteiger partial charge >= 0.3 is 6.09 Å². The summed E-state index contributed by atoms with van der Waals surface area (Å²) >= 11 is 6.14. The molecule has 25 heavy (non-hydrogen) atoms. The van der Waals surface area contributed by atoms with E-state index in [0.717, 1.165) is 11.1 Å². The highest BCUT2D eigenvalue weighted by atomic mass is 35.5. The van der Waals surface area contributed by atoms with Crippen molar-refractivity contribution in [1.82, 2.24) is 5.16 Å². The highest BCUT2D eigenvalue weighted by molar-refractivity contribution is 6.31. The van der Waals surface area contributed by atoms with Crippen molar-refractivity contribution in [3.05, 3.63) is 70.9 Å². The number of carbonyl (C=O) groups is 1. The van der Waals surface area contributed by atoms with Gasteiger partial charge in [-0.2, -0.15) is 0 Å². The Bertz CT molecular complexity index is 877. The molecule has 0 saturated heterocycles. The zero-order valence-electron chi connectivity index (χ0n) is 13.8. The molecule has 1 atom stereocenters. The lowest BCUT2D eigenvalue weighted by atomic mass is 10.1. The Morgan fingerprint density at radius 1 is 1.16 bits per heavy atom. The number of ether oxygens (including phenoxy) is 1. The lowest BCUT2D eigenvalue weighted by molar-refractivity contribution is 0.121. The third-order valence-corrected chi connectivity index (χ3v) is 4.10. The molecular formula is C19H17ClN2O3. The molecule has 3 aromatic rings. The molecule has 1 N–H and O–H groups in total. The van der Waals surface area contributed by atoms with Gasteiger partial charge in [-0.05, 0) is 19.9 Å². The Balaban J connectivity index is 1.76. The SMILES string of the molecule is Cc1noc(-c2ccccc2)c1NC(=O)OC(C)c1ccccc1Cl. The molecule has 0 bridgehead atoms. The standard InChI is InChI=1S/C19H17ClN2O3/c1-12-17(18(25-22-12)14-8-4-3-5-9-14)21-19(23)24-13(2)15-10-6-7-11-16(15)20/h3-11,13H,1-2H3,(H,21,23). The second-order valence-corrected chi connectivity index (χ2v) is 5.94. The van der Waals surface area contributed by atoms with Crippen LogP contribution in [0.15, 0.2) is 59.1 Å². The van der Waals surface area contributed by atoms with Gasteiger partial charge in [0.05, 0.1) is 0 Å². The highest BCUT2D eigenvalue weighted by Gasteiger charge is 2.20. The van der Waals surface area contributed by atoms with E-state index in [0.29, 0.717) is 22.2 Å². The third kappa shape index (κ3) is 3.83. The monoisotopic (exact) mass is 356 g/mol. The van der Waals surface area contributed by atoms with E-state index in [9.17, 15) is 4.79 Å². The summed E-state index contributed by atoms with van der Waals surface area (Å²) in [5, 5.41) is 7.20. The number of nitrogens with zero attached hydrogens (tertiary/aromatic N) is 1. The van der Waals surface area contributed by atoms with E-state index >= 15 is 0 Å². The average molecular weight is 357 g/mol. The molecule has 0 radical (unpaired) electrons. The number of halogens is 1. The van der Waals surface area contributed by atoms with Gasteiger partial charge in [-0.15, -0.1) is 0 Å². The first kappa shape index (κ1) is 17.0. The molecule has 5 nitrogen and oxygen atoms in total. The van der Waals surface area contributed by atoms with Crippen LogP contribution in [0.25, 0.3) is 11.3 Å². The molecule has 2 aromatic carbocycles. The highest BCUT2D eigenvalue weighted by Crippen LogP contribution is 2.31. The molecular weight excluding hydrogens is 340 g/mol. The van der Waals surface area contributed by atoms with Crippen molar-refractivity contribution in [2.24, 2.45) is 0 Å². The lowest BCUT2D eigenvalue weighted by Gasteiger charge is -2.15. The first-order chi connectivity index (χ1) is 12.1. The summed E-state index contributed by atoms with van der Waals surface area (Å²) in [5.74, 6) is 0.487. The molecule has 1 aromatic heterocycles. The summed E-state index contributed by atoms with van der Waals surface area (Å²) in [4.78, 5) is 12.3. The Labute approximate surface area is 150 Å². The van der Waals surface area contributed by atoms with Crippen LogP contribution in [0.2, 0.25) is 5.02 Å². The summed E-state index contributed by atoms with van der Waals surface area (Å²) in [6.45, 7) is 3.52. The Morgan fingerprint density at radius 3 is 2.56 bits per heavy atom. The van der Waals surface area contributed by atoms with Gasteiger partial charge in [-0.25, -0.2) is 4.79 Å². The molecule has 0 aliphatic carbocycles. The fourth-order valence-electron chi connectivity index (χ4n) is 2.46. The minimum Gasteiger partial charge on any atom is -0.441 e. The number of aromatic nitrogens is 1. The zero-order chi connectivity index (χ0) is 17.8. The predicted molar refractivity (Wildman–Crippen MR) is 96.6 cm³/mol. The maximum atomic E-state index is 12.3. The fraction of sp³-hybridized carbons (Fsp3) is 0.158. The van der Waals surface area contributed by atoms with E-state index < -0.39 is 12.2 Å². The maximum Gasteiger partial charge on any atom is 0.412 e. The summed E-state index contributed by atoms with van der Waals surface area (Å²) in [6.07, 6.45) is -1.09. The van der Waals surface area contributed by atoms with Gasteiger partial charge in [0.1, 0.15) is 17.5 Å². The summed E-state index contributed by atoms with van der Waals surface area (Å²) in [6, 6.07) is 16.7. The van der Waals surface area contributed by atoms with Crippen LogP contribution >= 0.6 is 11.6 Å². The minimum atomic E-state index is -0.601. The van der Waals surface area contributed by atoms with Crippen molar-refractivity contribution >= 4 is 23.4 Å². The van der Waals surface area contributed by atoms with Crippen LogP contribution in [-0.4, -0.2) is 11.2 Å². The van der Waals surface area contributed by atoms with Crippen molar-refractivity contribution in [3.8, 4) is 11.3 Å². The number of carbonyl (C=O) groups excluding carboxylic acids is 1. The Morgan fingerprint density at radius 2 is 1.84 bits per heavy atom. The van der Waals surface area contributed by atoms with Crippen LogP contribution in [-0.2, 0) is 4.74 Å². The Kier molecular flexibility index (Phi) is 5.05. The van der Waals surface area contributed by atoms with Crippen LogP contribution in [0.5, 0.6) is 0 Å². The van der Waals surface area contributed by atoms with Crippen molar-refractivity contribution in [1.29, 1.82) is 0 Å². The first-order valence-electron chi connectivity index (χ1n) is 7.80. The first-order valence-corrected chi connectivity index (χ1v) is 8.18. The smallest absolute Gasteiger partial charge is 0.412 e. The van der Waals surface area contributed by atoms with Crippen LogP contribution in [0.1, 0.15) is 24.3 Å². The topological polar surface area (TPSA) is 64.4 Å². The zero-order valence-corrected chi connectivity index (χ0v) is 14.6. The summed E-state index contributed by atoms with van der Waals surface area (Å²) < 4.78 is 10.8. The number of rotatable bonds is 4. The molecule has 0 spiro atoms. The summed E-state index contributed by atoms with van der Waals surface area (Å²) in [5.41, 5.74) is 2.62. The average Bonchev–Trinajstić information content (AvgIpc) is 2.96. The van der Waals surface area contributed by atoms with Gasteiger partial charge in [0.15, 0.2) is 5.76 Å². The van der Waals surface area contributed by atoms with Gasteiger partial charge in [0.25, 0.3) is 0 Å². The Hall–Kier alpha value is -2.79. The van der Waals surface area contributed by atoms with Crippen LogP contribution in [0.4, 0.5) is 10.5 Å². The van der Waals surface area contributed by atoms with Gasteiger partial charge in [0.2, 0.25) is 0 Å². The van der Waals surface area contributed by atoms with Crippen molar-refractivity contribution in [2.45, 2.75) is 20.0 Å². The van der Waals surface area contributed by atoms with E-state index in [1.54, 1.807) is 19.9 Å². The molecule has 6 heteroatoms. The van der Waals surface area contributed by atoms with Crippen molar-refractivity contribution in [3.63, 3.8) is 0 Å². The molecule has 3 rings (SSSR count). The molecule has 0 saturated carbocycles.